The first-order chi connectivity index (χ1) is 9.54. The van der Waals surface area contributed by atoms with Gasteiger partial charge in [-0.15, -0.1) is 0 Å². The van der Waals surface area contributed by atoms with E-state index in [4.69, 9.17) is 0 Å². The standard InChI is InChI=1S/C15H29N3O2/c1-4-7-15(8-10-16-11-15)14(20)17-9-6-13(19)18-12(3)5-2/h12,16H,4-11H2,1-3H3,(H,17,20)(H,18,19). The van der Waals surface area contributed by atoms with Gasteiger partial charge in [-0.3, -0.25) is 9.59 Å². The number of carbonyl (C=O) groups is 2. The highest BCUT2D eigenvalue weighted by Crippen LogP contribution is 2.31. The van der Waals surface area contributed by atoms with Gasteiger partial charge in [0.05, 0.1) is 5.41 Å². The Morgan fingerprint density at radius 3 is 2.65 bits per heavy atom. The molecule has 0 aromatic carbocycles. The largest absolute Gasteiger partial charge is 0.355 e. The van der Waals surface area contributed by atoms with Gasteiger partial charge in [-0.25, -0.2) is 0 Å². The quantitative estimate of drug-likeness (QED) is 0.626. The molecule has 0 aromatic rings. The molecule has 0 radical (unpaired) electrons. The Kier molecular flexibility index (Phi) is 6.99. The van der Waals surface area contributed by atoms with E-state index in [-0.39, 0.29) is 23.3 Å². The predicted octanol–water partition coefficient (Wildman–Crippen LogP) is 1.19. The van der Waals surface area contributed by atoms with Gasteiger partial charge in [0.15, 0.2) is 0 Å². The van der Waals surface area contributed by atoms with Gasteiger partial charge >= 0.3 is 0 Å². The highest BCUT2D eigenvalue weighted by atomic mass is 16.2. The molecule has 3 N–H and O–H groups in total. The van der Waals surface area contributed by atoms with Crippen LogP contribution in [-0.2, 0) is 9.59 Å². The van der Waals surface area contributed by atoms with Gasteiger partial charge in [0.2, 0.25) is 11.8 Å². The molecule has 0 bridgehead atoms. The lowest BCUT2D eigenvalue weighted by Gasteiger charge is -2.26. The Labute approximate surface area is 122 Å². The molecule has 5 heteroatoms. The molecule has 20 heavy (non-hydrogen) atoms. The Morgan fingerprint density at radius 2 is 2.10 bits per heavy atom. The van der Waals surface area contributed by atoms with Crippen LogP contribution in [0.4, 0.5) is 0 Å². The van der Waals surface area contributed by atoms with E-state index in [1.165, 1.54) is 0 Å². The number of nitrogens with one attached hydrogen (secondary N) is 3. The summed E-state index contributed by atoms with van der Waals surface area (Å²) >= 11 is 0. The lowest BCUT2D eigenvalue weighted by Crippen LogP contribution is -2.44. The van der Waals surface area contributed by atoms with Crippen LogP contribution in [0.15, 0.2) is 0 Å². The van der Waals surface area contributed by atoms with Gasteiger partial charge in [-0.2, -0.15) is 0 Å². The first kappa shape index (κ1) is 17.0. The van der Waals surface area contributed by atoms with E-state index in [2.05, 4.69) is 22.9 Å². The zero-order valence-corrected chi connectivity index (χ0v) is 13.1. The van der Waals surface area contributed by atoms with E-state index >= 15 is 0 Å². The Morgan fingerprint density at radius 1 is 1.35 bits per heavy atom. The smallest absolute Gasteiger partial charge is 0.227 e. The fourth-order valence-electron chi connectivity index (χ4n) is 2.67. The number of hydrogen-bond acceptors (Lipinski definition) is 3. The van der Waals surface area contributed by atoms with Crippen LogP contribution in [0, 0.1) is 5.41 Å². The van der Waals surface area contributed by atoms with Gasteiger partial charge < -0.3 is 16.0 Å². The molecular formula is C15H29N3O2. The van der Waals surface area contributed by atoms with Crippen LogP contribution in [0.2, 0.25) is 0 Å². The Bertz CT molecular complexity index is 325. The summed E-state index contributed by atoms with van der Waals surface area (Å²) in [5.41, 5.74) is -0.262. The maximum Gasteiger partial charge on any atom is 0.227 e. The fraction of sp³-hybridized carbons (Fsp3) is 0.867. The van der Waals surface area contributed by atoms with E-state index in [0.717, 1.165) is 38.8 Å². The van der Waals surface area contributed by atoms with Crippen LogP contribution >= 0.6 is 0 Å². The molecule has 1 aliphatic heterocycles. The van der Waals surface area contributed by atoms with Crippen LogP contribution in [-0.4, -0.2) is 37.5 Å². The minimum absolute atomic E-state index is 0.00809. The second-order valence-corrected chi connectivity index (χ2v) is 5.84. The van der Waals surface area contributed by atoms with Crippen molar-refractivity contribution in [2.75, 3.05) is 19.6 Å². The van der Waals surface area contributed by atoms with E-state index in [1.54, 1.807) is 0 Å². The molecule has 1 aliphatic rings. The summed E-state index contributed by atoms with van der Waals surface area (Å²) in [5.74, 6) is 0.106. The number of rotatable bonds is 8. The third-order valence-corrected chi connectivity index (χ3v) is 4.11. The molecule has 116 valence electrons. The molecule has 5 nitrogen and oxygen atoms in total. The normalized spacial score (nSPS) is 23.4. The number of carbonyl (C=O) groups excluding carboxylic acids is 2. The lowest BCUT2D eigenvalue weighted by molar-refractivity contribution is -0.130. The molecule has 1 heterocycles. The minimum Gasteiger partial charge on any atom is -0.355 e. The summed E-state index contributed by atoms with van der Waals surface area (Å²) in [4.78, 5) is 24.0. The predicted molar refractivity (Wildman–Crippen MR) is 80.4 cm³/mol. The SMILES string of the molecule is CCCC1(C(=O)NCCC(=O)NC(C)CC)CCNC1. The average Bonchev–Trinajstić information content (AvgIpc) is 2.88. The van der Waals surface area contributed by atoms with Crippen molar-refractivity contribution in [2.24, 2.45) is 5.41 Å². The first-order valence-corrected chi connectivity index (χ1v) is 7.82. The van der Waals surface area contributed by atoms with Gasteiger partial charge in [-0.1, -0.05) is 20.3 Å². The van der Waals surface area contributed by atoms with Gasteiger partial charge in [-0.05, 0) is 32.7 Å². The van der Waals surface area contributed by atoms with Crippen LogP contribution in [0.3, 0.4) is 0 Å². The van der Waals surface area contributed by atoms with Crippen molar-refractivity contribution in [3.05, 3.63) is 0 Å². The van der Waals surface area contributed by atoms with Crippen LogP contribution in [0.1, 0.15) is 52.9 Å². The lowest BCUT2D eigenvalue weighted by atomic mass is 9.81. The molecule has 0 spiro atoms. The summed E-state index contributed by atoms with van der Waals surface area (Å²) in [7, 11) is 0. The summed E-state index contributed by atoms with van der Waals surface area (Å²) in [5, 5.41) is 9.11. The van der Waals surface area contributed by atoms with Crippen molar-refractivity contribution in [3.63, 3.8) is 0 Å². The molecule has 1 saturated heterocycles. The van der Waals surface area contributed by atoms with Crippen molar-refractivity contribution in [3.8, 4) is 0 Å². The highest BCUT2D eigenvalue weighted by molar-refractivity contribution is 5.84. The summed E-state index contributed by atoms with van der Waals surface area (Å²) in [6, 6.07) is 0.198. The van der Waals surface area contributed by atoms with Gasteiger partial charge in [0.25, 0.3) is 0 Å². The van der Waals surface area contributed by atoms with Crippen LogP contribution in [0.25, 0.3) is 0 Å². The molecule has 0 aliphatic carbocycles. The average molecular weight is 283 g/mol. The highest BCUT2D eigenvalue weighted by Gasteiger charge is 2.39. The minimum atomic E-state index is -0.262. The van der Waals surface area contributed by atoms with E-state index in [0.29, 0.717) is 13.0 Å². The van der Waals surface area contributed by atoms with Gasteiger partial charge in [0.1, 0.15) is 0 Å². The van der Waals surface area contributed by atoms with Crippen molar-refractivity contribution < 1.29 is 9.59 Å². The zero-order chi connectivity index (χ0) is 15.0. The summed E-state index contributed by atoms with van der Waals surface area (Å²) in [6.45, 7) is 8.21. The van der Waals surface area contributed by atoms with E-state index in [9.17, 15) is 9.59 Å². The first-order valence-electron chi connectivity index (χ1n) is 7.82. The summed E-state index contributed by atoms with van der Waals surface area (Å²) < 4.78 is 0. The molecule has 0 saturated carbocycles. The fourth-order valence-corrected chi connectivity index (χ4v) is 2.67. The van der Waals surface area contributed by atoms with Crippen LogP contribution in [0.5, 0.6) is 0 Å². The number of amides is 2. The van der Waals surface area contributed by atoms with E-state index < -0.39 is 0 Å². The van der Waals surface area contributed by atoms with Crippen molar-refractivity contribution in [1.29, 1.82) is 0 Å². The zero-order valence-electron chi connectivity index (χ0n) is 13.1. The molecular weight excluding hydrogens is 254 g/mol. The molecule has 2 unspecified atom stereocenters. The van der Waals surface area contributed by atoms with Crippen molar-refractivity contribution >= 4 is 11.8 Å². The summed E-state index contributed by atoms with van der Waals surface area (Å²) in [6.07, 6.45) is 4.08. The van der Waals surface area contributed by atoms with Crippen molar-refractivity contribution in [1.82, 2.24) is 16.0 Å². The molecule has 2 atom stereocenters. The van der Waals surface area contributed by atoms with Crippen molar-refractivity contribution in [2.45, 2.75) is 58.9 Å². The molecule has 0 aromatic heterocycles. The Balaban J connectivity index is 2.33. The third kappa shape index (κ3) is 4.78. The maximum absolute atomic E-state index is 12.3. The topological polar surface area (TPSA) is 70.2 Å². The third-order valence-electron chi connectivity index (χ3n) is 4.11. The second kappa shape index (κ2) is 8.25. The molecule has 1 fully saturated rings. The second-order valence-electron chi connectivity index (χ2n) is 5.84. The van der Waals surface area contributed by atoms with E-state index in [1.807, 2.05) is 13.8 Å². The molecule has 1 rings (SSSR count). The van der Waals surface area contributed by atoms with Gasteiger partial charge in [0, 0.05) is 25.6 Å². The number of hydrogen-bond donors (Lipinski definition) is 3. The molecule has 2 amide bonds. The monoisotopic (exact) mass is 283 g/mol. The maximum atomic E-state index is 12.3. The van der Waals surface area contributed by atoms with Crippen LogP contribution < -0.4 is 16.0 Å². The Hall–Kier alpha value is -1.10.